The van der Waals surface area contributed by atoms with Gasteiger partial charge in [-0.05, 0) is 54.8 Å². The van der Waals surface area contributed by atoms with Crippen LogP contribution in [0.1, 0.15) is 31.4 Å². The number of nitrogens with zero attached hydrogens (tertiary/aromatic N) is 1. The van der Waals surface area contributed by atoms with Crippen molar-refractivity contribution in [2.24, 2.45) is 0 Å². The van der Waals surface area contributed by atoms with Crippen LogP contribution >= 0.6 is 0 Å². The zero-order valence-electron chi connectivity index (χ0n) is 19.4. The summed E-state index contributed by atoms with van der Waals surface area (Å²) in [6, 6.07) is 10.5. The van der Waals surface area contributed by atoms with Crippen molar-refractivity contribution in [3.05, 3.63) is 59.2 Å². The zero-order valence-corrected chi connectivity index (χ0v) is 19.4. The maximum atomic E-state index is 13.1. The predicted octanol–water partition coefficient (Wildman–Crippen LogP) is 3.00. The number of aliphatic carboxylic acids is 1. The highest BCUT2D eigenvalue weighted by molar-refractivity contribution is 6.30. The van der Waals surface area contributed by atoms with Crippen LogP contribution in [-0.2, 0) is 20.9 Å². The van der Waals surface area contributed by atoms with Crippen LogP contribution < -0.4 is 19.5 Å². The smallest absolute Gasteiger partial charge is 0.341 e. The first-order valence-electron chi connectivity index (χ1n) is 11.0. The van der Waals surface area contributed by atoms with Crippen LogP contribution in [0.4, 0.5) is 4.79 Å². The van der Waals surface area contributed by atoms with E-state index in [0.29, 0.717) is 35.8 Å². The number of rotatable bonds is 11. The minimum Gasteiger partial charge on any atom is -0.490 e. The van der Waals surface area contributed by atoms with Crippen LogP contribution in [0.25, 0.3) is 6.08 Å². The van der Waals surface area contributed by atoms with E-state index in [1.54, 1.807) is 36.4 Å². The van der Waals surface area contributed by atoms with Crippen LogP contribution in [0.15, 0.2) is 48.0 Å². The summed E-state index contributed by atoms with van der Waals surface area (Å²) in [5.74, 6) is -1.42. The number of carboxylic acid groups (broad SMARTS) is 1. The Hall–Kier alpha value is -4.34. The summed E-state index contributed by atoms with van der Waals surface area (Å²) in [5, 5.41) is 10.9. The van der Waals surface area contributed by atoms with E-state index in [9.17, 15) is 19.2 Å². The van der Waals surface area contributed by atoms with Gasteiger partial charge < -0.3 is 19.3 Å². The molecule has 2 aromatic carbocycles. The fourth-order valence-electron chi connectivity index (χ4n) is 3.28. The molecule has 10 heteroatoms. The van der Waals surface area contributed by atoms with Crippen molar-refractivity contribution in [3.8, 4) is 17.2 Å². The average molecular weight is 482 g/mol. The molecule has 0 radical (unpaired) electrons. The minimum absolute atomic E-state index is 0.0921. The molecule has 2 N–H and O–H groups in total. The molecule has 2 aromatic rings. The summed E-state index contributed by atoms with van der Waals surface area (Å²) >= 11 is 0. The molecule has 1 aliphatic heterocycles. The third-order valence-electron chi connectivity index (χ3n) is 4.83. The second-order valence-corrected chi connectivity index (χ2v) is 7.53. The third-order valence-corrected chi connectivity index (χ3v) is 4.83. The first-order valence-corrected chi connectivity index (χ1v) is 11.0. The number of carboxylic acids is 1. The number of carbonyl (C=O) groups is 4. The topological polar surface area (TPSA) is 131 Å². The normalized spacial score (nSPS) is 14.6. The van der Waals surface area contributed by atoms with Gasteiger partial charge in [-0.2, -0.15) is 0 Å². The maximum Gasteiger partial charge on any atom is 0.341 e. The van der Waals surface area contributed by atoms with Crippen molar-refractivity contribution in [3.63, 3.8) is 0 Å². The molecular weight excluding hydrogens is 456 g/mol. The summed E-state index contributed by atoms with van der Waals surface area (Å²) in [5.41, 5.74) is 0.795. The first-order chi connectivity index (χ1) is 16.8. The lowest BCUT2D eigenvalue weighted by Crippen LogP contribution is -2.53. The van der Waals surface area contributed by atoms with Gasteiger partial charge in [0.15, 0.2) is 18.1 Å². The van der Waals surface area contributed by atoms with Crippen molar-refractivity contribution in [2.45, 2.75) is 26.8 Å². The molecule has 3 rings (SSSR count). The van der Waals surface area contributed by atoms with Crippen molar-refractivity contribution in [1.82, 2.24) is 10.2 Å². The Morgan fingerprint density at radius 3 is 2.54 bits per heavy atom. The highest BCUT2D eigenvalue weighted by atomic mass is 16.5. The van der Waals surface area contributed by atoms with Gasteiger partial charge in [-0.1, -0.05) is 25.1 Å². The van der Waals surface area contributed by atoms with Crippen LogP contribution in [0.5, 0.6) is 17.2 Å². The van der Waals surface area contributed by atoms with Gasteiger partial charge in [-0.15, -0.1) is 0 Å². The molecule has 10 nitrogen and oxygen atoms in total. The molecule has 0 unspecified atom stereocenters. The lowest BCUT2D eigenvalue weighted by atomic mass is 10.1. The number of ether oxygens (including phenoxy) is 3. The van der Waals surface area contributed by atoms with Gasteiger partial charge in [0.05, 0.1) is 19.8 Å². The molecule has 0 saturated carbocycles. The minimum atomic E-state index is -1.14. The Morgan fingerprint density at radius 2 is 1.83 bits per heavy atom. The second kappa shape index (κ2) is 11.7. The highest BCUT2D eigenvalue weighted by Gasteiger charge is 2.35. The van der Waals surface area contributed by atoms with Gasteiger partial charge in [0.25, 0.3) is 11.8 Å². The van der Waals surface area contributed by atoms with E-state index in [1.807, 2.05) is 13.8 Å². The van der Waals surface area contributed by atoms with Gasteiger partial charge in [-0.3, -0.25) is 19.8 Å². The molecule has 0 spiro atoms. The highest BCUT2D eigenvalue weighted by Crippen LogP contribution is 2.30. The number of amides is 4. The van der Waals surface area contributed by atoms with E-state index in [1.165, 1.54) is 12.1 Å². The van der Waals surface area contributed by atoms with Crippen molar-refractivity contribution in [1.29, 1.82) is 0 Å². The lowest BCUT2D eigenvalue weighted by Gasteiger charge is -2.26. The maximum absolute atomic E-state index is 13.1. The van der Waals surface area contributed by atoms with Crippen LogP contribution in [0, 0.1) is 0 Å². The van der Waals surface area contributed by atoms with Crippen molar-refractivity contribution in [2.75, 3.05) is 19.8 Å². The van der Waals surface area contributed by atoms with Crippen LogP contribution in [0.2, 0.25) is 0 Å². The Labute approximate surface area is 202 Å². The summed E-state index contributed by atoms with van der Waals surface area (Å²) < 4.78 is 16.5. The van der Waals surface area contributed by atoms with E-state index in [0.717, 1.165) is 11.3 Å². The molecule has 1 aliphatic rings. The molecule has 184 valence electrons. The van der Waals surface area contributed by atoms with Crippen LogP contribution in [-0.4, -0.2) is 53.6 Å². The third kappa shape index (κ3) is 6.59. The number of urea groups is 1. The number of nitrogens with one attached hydrogen (secondary N) is 1. The average Bonchev–Trinajstić information content (AvgIpc) is 2.83. The monoisotopic (exact) mass is 482 g/mol. The molecule has 35 heavy (non-hydrogen) atoms. The SMILES string of the molecule is CCCOc1ccc(CN2C(=O)NC(=O)/C(=C/c3cccc(OCC(=O)O)c3)C2=O)cc1OCC. The number of carbonyl (C=O) groups excluding carboxylic acids is 3. The molecule has 0 aliphatic carbocycles. The Bertz CT molecular complexity index is 1160. The summed E-state index contributed by atoms with van der Waals surface area (Å²) in [6.07, 6.45) is 2.14. The first kappa shape index (κ1) is 25.3. The number of barbiturate groups is 1. The molecule has 4 amide bonds. The molecular formula is C25H26N2O8. The lowest BCUT2D eigenvalue weighted by molar-refractivity contribution is -0.139. The molecule has 0 atom stereocenters. The Balaban J connectivity index is 1.83. The van der Waals surface area contributed by atoms with Crippen LogP contribution in [0.3, 0.4) is 0 Å². The van der Waals surface area contributed by atoms with Gasteiger partial charge in [0.2, 0.25) is 0 Å². The van der Waals surface area contributed by atoms with E-state index >= 15 is 0 Å². The van der Waals surface area contributed by atoms with Crippen molar-refractivity contribution >= 4 is 29.9 Å². The molecule has 0 bridgehead atoms. The fraction of sp³-hybridized carbons (Fsp3) is 0.280. The standard InChI is InChI=1S/C25H26N2O8/c1-3-10-34-20-9-8-17(13-21(20)33-4-2)14-27-24(31)19(23(30)26-25(27)32)12-16-6-5-7-18(11-16)35-15-22(28)29/h5-9,11-13H,3-4,10,14-15H2,1-2H3,(H,28,29)(H,26,30,32)/b19-12-. The van der Waals surface area contributed by atoms with Gasteiger partial charge in [0.1, 0.15) is 11.3 Å². The van der Waals surface area contributed by atoms with Gasteiger partial charge in [-0.25, -0.2) is 9.59 Å². The largest absolute Gasteiger partial charge is 0.490 e. The van der Waals surface area contributed by atoms with Gasteiger partial charge >= 0.3 is 12.0 Å². The zero-order chi connectivity index (χ0) is 25.4. The van der Waals surface area contributed by atoms with E-state index in [-0.39, 0.29) is 17.9 Å². The summed E-state index contributed by atoms with van der Waals surface area (Å²) in [7, 11) is 0. The predicted molar refractivity (Wildman–Crippen MR) is 125 cm³/mol. The molecule has 0 aromatic heterocycles. The number of hydrogen-bond acceptors (Lipinski definition) is 7. The summed E-state index contributed by atoms with van der Waals surface area (Å²) in [6.45, 7) is 4.12. The van der Waals surface area contributed by atoms with E-state index in [4.69, 9.17) is 19.3 Å². The molecule has 1 heterocycles. The van der Waals surface area contributed by atoms with E-state index in [2.05, 4.69) is 5.32 Å². The summed E-state index contributed by atoms with van der Waals surface area (Å²) in [4.78, 5) is 49.6. The Morgan fingerprint density at radius 1 is 1.03 bits per heavy atom. The number of imide groups is 2. The molecule has 1 saturated heterocycles. The molecule has 1 fully saturated rings. The quantitative estimate of drug-likeness (QED) is 0.369. The number of hydrogen-bond donors (Lipinski definition) is 2. The second-order valence-electron chi connectivity index (χ2n) is 7.53. The number of benzene rings is 2. The van der Waals surface area contributed by atoms with Gasteiger partial charge in [0, 0.05) is 0 Å². The fourth-order valence-corrected chi connectivity index (χ4v) is 3.28. The van der Waals surface area contributed by atoms with Crippen molar-refractivity contribution < 1.29 is 38.5 Å². The Kier molecular flexibility index (Phi) is 8.44. The van der Waals surface area contributed by atoms with E-state index < -0.39 is 30.4 Å².